The fourth-order valence-corrected chi connectivity index (χ4v) is 3.24. The SMILES string of the molecule is CC(=O)n1c2ccccc2c2ccn(Cc3ccccc3)c(=O)c21. The summed E-state index contributed by atoms with van der Waals surface area (Å²) in [5.74, 6) is -0.157. The Morgan fingerprint density at radius 3 is 2.38 bits per heavy atom. The molecule has 0 N–H and O–H groups in total. The first kappa shape index (κ1) is 14.5. The molecule has 0 fully saturated rings. The molecule has 0 saturated heterocycles. The predicted octanol–water partition coefficient (Wildman–Crippen LogP) is 3.66. The van der Waals surface area contributed by atoms with Gasteiger partial charge in [-0.05, 0) is 17.7 Å². The molecule has 4 heteroatoms. The molecule has 2 heterocycles. The van der Waals surface area contributed by atoms with Gasteiger partial charge in [0.25, 0.3) is 5.56 Å². The predicted molar refractivity (Wildman–Crippen MR) is 95.5 cm³/mol. The van der Waals surface area contributed by atoms with E-state index in [4.69, 9.17) is 0 Å². The summed E-state index contributed by atoms with van der Waals surface area (Å²) in [7, 11) is 0. The lowest BCUT2D eigenvalue weighted by Gasteiger charge is -2.07. The molecule has 0 unspecified atom stereocenters. The van der Waals surface area contributed by atoms with Crippen LogP contribution in [0.15, 0.2) is 71.7 Å². The quantitative estimate of drug-likeness (QED) is 0.566. The molecule has 0 aliphatic carbocycles. The molecule has 0 radical (unpaired) electrons. The van der Waals surface area contributed by atoms with Crippen LogP contribution in [0.25, 0.3) is 21.8 Å². The Morgan fingerprint density at radius 1 is 0.917 bits per heavy atom. The zero-order valence-corrected chi connectivity index (χ0v) is 13.3. The van der Waals surface area contributed by atoms with Crippen molar-refractivity contribution in [2.75, 3.05) is 0 Å². The minimum Gasteiger partial charge on any atom is -0.309 e. The van der Waals surface area contributed by atoms with Gasteiger partial charge in [-0.25, -0.2) is 0 Å². The Hall–Kier alpha value is -3.14. The van der Waals surface area contributed by atoms with E-state index >= 15 is 0 Å². The number of para-hydroxylation sites is 1. The number of fused-ring (bicyclic) bond motifs is 3. The molecular weight excluding hydrogens is 300 g/mol. The largest absolute Gasteiger partial charge is 0.309 e. The van der Waals surface area contributed by atoms with Gasteiger partial charge in [-0.15, -0.1) is 0 Å². The average Bonchev–Trinajstić information content (AvgIpc) is 2.94. The van der Waals surface area contributed by atoms with Crippen molar-refractivity contribution in [1.29, 1.82) is 0 Å². The highest BCUT2D eigenvalue weighted by atomic mass is 16.2. The third-order valence-electron chi connectivity index (χ3n) is 4.31. The van der Waals surface area contributed by atoms with Crippen LogP contribution < -0.4 is 5.56 Å². The lowest BCUT2D eigenvalue weighted by atomic mass is 10.2. The fourth-order valence-electron chi connectivity index (χ4n) is 3.24. The van der Waals surface area contributed by atoms with Crippen molar-refractivity contribution in [3.8, 4) is 0 Å². The molecule has 0 aliphatic heterocycles. The summed E-state index contributed by atoms with van der Waals surface area (Å²) in [6, 6.07) is 19.3. The molecule has 4 nitrogen and oxygen atoms in total. The van der Waals surface area contributed by atoms with E-state index in [1.165, 1.54) is 11.5 Å². The Bertz CT molecular complexity index is 1120. The van der Waals surface area contributed by atoms with Crippen LogP contribution in [0.3, 0.4) is 0 Å². The average molecular weight is 316 g/mol. The van der Waals surface area contributed by atoms with E-state index in [0.29, 0.717) is 12.1 Å². The molecule has 2 aromatic carbocycles. The van der Waals surface area contributed by atoms with Crippen molar-refractivity contribution in [2.24, 2.45) is 0 Å². The smallest absolute Gasteiger partial charge is 0.275 e. The summed E-state index contributed by atoms with van der Waals surface area (Å²) < 4.78 is 3.17. The fraction of sp³-hybridized carbons (Fsp3) is 0.100. The number of benzene rings is 2. The number of aromatic nitrogens is 2. The van der Waals surface area contributed by atoms with Gasteiger partial charge in [-0.2, -0.15) is 0 Å². The number of carbonyl (C=O) groups is 1. The van der Waals surface area contributed by atoms with Crippen LogP contribution in [-0.2, 0) is 6.54 Å². The van der Waals surface area contributed by atoms with E-state index in [1.54, 1.807) is 10.8 Å². The van der Waals surface area contributed by atoms with E-state index in [0.717, 1.165) is 21.9 Å². The van der Waals surface area contributed by atoms with Gasteiger partial charge in [-0.3, -0.25) is 14.2 Å². The third kappa shape index (κ3) is 2.15. The maximum Gasteiger partial charge on any atom is 0.275 e. The van der Waals surface area contributed by atoms with Crippen molar-refractivity contribution < 1.29 is 4.79 Å². The van der Waals surface area contributed by atoms with Gasteiger partial charge >= 0.3 is 0 Å². The molecule has 0 saturated carbocycles. The maximum atomic E-state index is 13.0. The Balaban J connectivity index is 2.02. The summed E-state index contributed by atoms with van der Waals surface area (Å²) in [6.07, 6.45) is 1.80. The molecule has 0 spiro atoms. The van der Waals surface area contributed by atoms with E-state index in [2.05, 4.69) is 0 Å². The molecule has 4 aromatic rings. The Morgan fingerprint density at radius 2 is 1.62 bits per heavy atom. The molecule has 0 atom stereocenters. The molecular formula is C20H16N2O2. The van der Waals surface area contributed by atoms with E-state index < -0.39 is 0 Å². The van der Waals surface area contributed by atoms with E-state index in [-0.39, 0.29) is 11.5 Å². The van der Waals surface area contributed by atoms with Crippen LogP contribution >= 0.6 is 0 Å². The number of nitrogens with zero attached hydrogens (tertiary/aromatic N) is 2. The molecule has 0 amide bonds. The molecule has 0 bridgehead atoms. The van der Waals surface area contributed by atoms with Gasteiger partial charge in [-0.1, -0.05) is 48.5 Å². The van der Waals surface area contributed by atoms with E-state index in [9.17, 15) is 9.59 Å². The first-order valence-corrected chi connectivity index (χ1v) is 7.84. The van der Waals surface area contributed by atoms with Crippen molar-refractivity contribution in [3.63, 3.8) is 0 Å². The van der Waals surface area contributed by atoms with E-state index in [1.807, 2.05) is 60.7 Å². The first-order valence-electron chi connectivity index (χ1n) is 7.84. The van der Waals surface area contributed by atoms with Crippen LogP contribution in [0.5, 0.6) is 0 Å². The topological polar surface area (TPSA) is 44.0 Å². The summed E-state index contributed by atoms with van der Waals surface area (Å²) in [6.45, 7) is 1.97. The Kier molecular flexibility index (Phi) is 3.31. The van der Waals surface area contributed by atoms with Crippen molar-refractivity contribution in [3.05, 3.63) is 82.8 Å². The highest BCUT2D eigenvalue weighted by Gasteiger charge is 2.17. The van der Waals surface area contributed by atoms with Gasteiger partial charge in [0.2, 0.25) is 5.91 Å². The number of hydrogen-bond donors (Lipinski definition) is 0. The second-order valence-corrected chi connectivity index (χ2v) is 5.87. The minimum atomic E-state index is -0.157. The lowest BCUT2D eigenvalue weighted by Crippen LogP contribution is -2.23. The standard InChI is InChI=1S/C20H16N2O2/c1-14(23)22-18-10-6-5-9-16(18)17-11-12-21(20(24)19(17)22)13-15-7-3-2-4-8-15/h2-12H,13H2,1H3. The molecule has 24 heavy (non-hydrogen) atoms. The summed E-state index contributed by atoms with van der Waals surface area (Å²) in [5.41, 5.74) is 2.11. The van der Waals surface area contributed by atoms with Gasteiger partial charge in [0, 0.05) is 23.9 Å². The molecule has 118 valence electrons. The van der Waals surface area contributed by atoms with Crippen molar-refractivity contribution in [2.45, 2.75) is 13.5 Å². The van der Waals surface area contributed by atoms with Gasteiger partial charge in [0.1, 0.15) is 5.52 Å². The van der Waals surface area contributed by atoms with Crippen LogP contribution in [0.4, 0.5) is 0 Å². The highest BCUT2D eigenvalue weighted by molar-refractivity contribution is 6.12. The van der Waals surface area contributed by atoms with Crippen LogP contribution in [0.1, 0.15) is 17.3 Å². The highest BCUT2D eigenvalue weighted by Crippen LogP contribution is 2.26. The molecule has 2 aromatic heterocycles. The first-order chi connectivity index (χ1) is 11.7. The normalized spacial score (nSPS) is 11.2. The van der Waals surface area contributed by atoms with Crippen LogP contribution in [-0.4, -0.2) is 15.0 Å². The molecule has 0 aliphatic rings. The zero-order valence-electron chi connectivity index (χ0n) is 13.3. The van der Waals surface area contributed by atoms with Crippen LogP contribution in [0, 0.1) is 0 Å². The van der Waals surface area contributed by atoms with Gasteiger partial charge in [0.15, 0.2) is 0 Å². The lowest BCUT2D eigenvalue weighted by molar-refractivity contribution is 0.0946. The number of carbonyl (C=O) groups excluding carboxylic acids is 1. The third-order valence-corrected chi connectivity index (χ3v) is 4.31. The Labute approximate surface area is 138 Å². The molecule has 4 rings (SSSR count). The summed E-state index contributed by atoms with van der Waals surface area (Å²) in [5, 5.41) is 1.74. The summed E-state index contributed by atoms with van der Waals surface area (Å²) >= 11 is 0. The maximum absolute atomic E-state index is 13.0. The number of pyridine rings is 1. The van der Waals surface area contributed by atoms with Crippen molar-refractivity contribution >= 4 is 27.7 Å². The monoisotopic (exact) mass is 316 g/mol. The minimum absolute atomic E-state index is 0.150. The second kappa shape index (κ2) is 5.49. The number of hydrogen-bond acceptors (Lipinski definition) is 2. The van der Waals surface area contributed by atoms with Gasteiger partial charge < -0.3 is 4.57 Å². The summed E-state index contributed by atoms with van der Waals surface area (Å²) in [4.78, 5) is 25.2. The second-order valence-electron chi connectivity index (χ2n) is 5.87. The van der Waals surface area contributed by atoms with Crippen LogP contribution in [0.2, 0.25) is 0 Å². The number of rotatable bonds is 2. The zero-order chi connectivity index (χ0) is 16.7. The van der Waals surface area contributed by atoms with Crippen molar-refractivity contribution in [1.82, 2.24) is 9.13 Å². The van der Waals surface area contributed by atoms with Gasteiger partial charge in [0.05, 0.1) is 12.1 Å².